The summed E-state index contributed by atoms with van der Waals surface area (Å²) in [4.78, 5) is 27.5. The minimum absolute atomic E-state index is 0.0928. The number of H-pyrrole nitrogens is 1. The summed E-state index contributed by atoms with van der Waals surface area (Å²) in [6.07, 6.45) is 3.69. The van der Waals surface area contributed by atoms with Gasteiger partial charge in [-0.1, -0.05) is 60.7 Å². The molecule has 3 aromatic carbocycles. The van der Waals surface area contributed by atoms with Crippen molar-refractivity contribution < 1.29 is 14.3 Å². The number of para-hydroxylation sites is 1. The number of esters is 2. The molecule has 4 aromatic rings. The van der Waals surface area contributed by atoms with E-state index in [0.29, 0.717) is 6.42 Å². The second-order valence-corrected chi connectivity index (χ2v) is 6.87. The van der Waals surface area contributed by atoms with E-state index in [4.69, 9.17) is 4.74 Å². The fraction of sp³-hybridized carbons (Fsp3) is 0.167. The minimum atomic E-state index is -0.506. The molecule has 0 unspecified atom stereocenters. The van der Waals surface area contributed by atoms with E-state index in [9.17, 15) is 9.59 Å². The van der Waals surface area contributed by atoms with Crippen LogP contribution in [-0.4, -0.2) is 16.9 Å². The van der Waals surface area contributed by atoms with Crippen LogP contribution in [0.15, 0.2) is 72.9 Å². The molecular formula is C24H21NO3. The van der Waals surface area contributed by atoms with Gasteiger partial charge >= 0.3 is 11.9 Å². The van der Waals surface area contributed by atoms with Crippen molar-refractivity contribution in [1.29, 1.82) is 0 Å². The van der Waals surface area contributed by atoms with Crippen molar-refractivity contribution in [3.63, 3.8) is 0 Å². The topological polar surface area (TPSA) is 59.2 Å². The average Bonchev–Trinajstić information content (AvgIpc) is 3.11. The second-order valence-electron chi connectivity index (χ2n) is 6.87. The van der Waals surface area contributed by atoms with Gasteiger partial charge in [0.2, 0.25) is 0 Å². The predicted molar refractivity (Wildman–Crippen MR) is 110 cm³/mol. The zero-order chi connectivity index (χ0) is 19.3. The maximum Gasteiger partial charge on any atom is 0.317 e. The molecule has 0 aliphatic rings. The Hall–Kier alpha value is -3.40. The maximum absolute atomic E-state index is 12.2. The third-order valence-electron chi connectivity index (χ3n) is 4.94. The summed E-state index contributed by atoms with van der Waals surface area (Å²) < 4.78 is 5.02. The number of ether oxygens (including phenoxy) is 1. The summed E-state index contributed by atoms with van der Waals surface area (Å²) in [7, 11) is 0. The van der Waals surface area contributed by atoms with Gasteiger partial charge < -0.3 is 9.72 Å². The molecule has 1 N–H and O–H groups in total. The normalized spacial score (nSPS) is 11.0. The van der Waals surface area contributed by atoms with Crippen LogP contribution in [0.1, 0.15) is 24.0 Å². The third-order valence-corrected chi connectivity index (χ3v) is 4.94. The predicted octanol–water partition coefficient (Wildman–Crippen LogP) is 4.96. The van der Waals surface area contributed by atoms with E-state index in [1.807, 2.05) is 66.9 Å². The number of rotatable bonds is 6. The average molecular weight is 371 g/mol. The number of carbonyl (C=O) groups is 2. The van der Waals surface area contributed by atoms with Crippen LogP contribution < -0.4 is 0 Å². The zero-order valence-corrected chi connectivity index (χ0v) is 15.5. The Morgan fingerprint density at radius 1 is 0.786 bits per heavy atom. The van der Waals surface area contributed by atoms with Crippen molar-refractivity contribution in [3.8, 4) is 0 Å². The van der Waals surface area contributed by atoms with E-state index in [0.717, 1.165) is 28.3 Å². The van der Waals surface area contributed by atoms with Crippen molar-refractivity contribution >= 4 is 33.6 Å². The number of hydrogen-bond donors (Lipinski definition) is 1. The number of aromatic amines is 1. The van der Waals surface area contributed by atoms with Gasteiger partial charge in [0, 0.05) is 23.5 Å². The smallest absolute Gasteiger partial charge is 0.317 e. The largest absolute Gasteiger partial charge is 0.393 e. The van der Waals surface area contributed by atoms with E-state index < -0.39 is 11.9 Å². The maximum atomic E-state index is 12.2. The van der Waals surface area contributed by atoms with Gasteiger partial charge in [-0.25, -0.2) is 0 Å². The summed E-state index contributed by atoms with van der Waals surface area (Å²) in [6, 6.07) is 21.8. The first-order chi connectivity index (χ1) is 13.7. The summed E-state index contributed by atoms with van der Waals surface area (Å²) in [6.45, 7) is 0. The molecule has 4 nitrogen and oxygen atoms in total. The quantitative estimate of drug-likeness (QED) is 0.385. The number of benzene rings is 3. The number of nitrogens with one attached hydrogen (secondary N) is 1. The lowest BCUT2D eigenvalue weighted by molar-refractivity contribution is -0.159. The van der Waals surface area contributed by atoms with Crippen LogP contribution >= 0.6 is 0 Å². The zero-order valence-electron chi connectivity index (χ0n) is 15.5. The van der Waals surface area contributed by atoms with Gasteiger partial charge in [0.05, 0.1) is 6.42 Å². The first-order valence-corrected chi connectivity index (χ1v) is 9.46. The number of fused-ring (bicyclic) bond motifs is 2. The molecule has 1 aromatic heterocycles. The molecule has 0 radical (unpaired) electrons. The highest BCUT2D eigenvalue weighted by Gasteiger charge is 2.13. The highest BCUT2D eigenvalue weighted by molar-refractivity contribution is 5.92. The highest BCUT2D eigenvalue weighted by atomic mass is 16.6. The van der Waals surface area contributed by atoms with Gasteiger partial charge in [-0.3, -0.25) is 9.59 Å². The molecule has 0 bridgehead atoms. The lowest BCUT2D eigenvalue weighted by Gasteiger charge is -2.06. The Labute approximate surface area is 163 Å². The molecule has 0 aliphatic heterocycles. The Bertz CT molecular complexity index is 1140. The minimum Gasteiger partial charge on any atom is -0.393 e. The number of aromatic nitrogens is 1. The molecule has 140 valence electrons. The van der Waals surface area contributed by atoms with Crippen LogP contribution in [0.3, 0.4) is 0 Å². The first-order valence-electron chi connectivity index (χ1n) is 9.46. The van der Waals surface area contributed by atoms with E-state index in [-0.39, 0.29) is 12.8 Å². The molecule has 0 atom stereocenters. The lowest BCUT2D eigenvalue weighted by atomic mass is 10.0. The van der Waals surface area contributed by atoms with Crippen molar-refractivity contribution in [1.82, 2.24) is 4.98 Å². The van der Waals surface area contributed by atoms with Crippen molar-refractivity contribution in [2.24, 2.45) is 0 Å². The molecule has 4 heteroatoms. The summed E-state index contributed by atoms with van der Waals surface area (Å²) >= 11 is 0. The molecular weight excluding hydrogens is 350 g/mol. The van der Waals surface area contributed by atoms with E-state index in [2.05, 4.69) is 11.1 Å². The van der Waals surface area contributed by atoms with E-state index in [1.54, 1.807) is 0 Å². The van der Waals surface area contributed by atoms with Gasteiger partial charge in [-0.15, -0.1) is 0 Å². The molecule has 0 spiro atoms. The van der Waals surface area contributed by atoms with E-state index in [1.165, 1.54) is 10.9 Å². The van der Waals surface area contributed by atoms with Crippen LogP contribution in [0.4, 0.5) is 0 Å². The van der Waals surface area contributed by atoms with Crippen LogP contribution in [0.5, 0.6) is 0 Å². The molecule has 0 fully saturated rings. The van der Waals surface area contributed by atoms with Crippen LogP contribution in [0.25, 0.3) is 21.7 Å². The fourth-order valence-electron chi connectivity index (χ4n) is 3.58. The second kappa shape index (κ2) is 8.09. The van der Waals surface area contributed by atoms with Gasteiger partial charge in [0.25, 0.3) is 0 Å². The Kier molecular flexibility index (Phi) is 5.20. The summed E-state index contributed by atoms with van der Waals surface area (Å²) in [5.41, 5.74) is 3.13. The SMILES string of the molecule is O=C(CCCc1c[nH]c2ccccc12)OC(=O)Cc1cccc2ccccc12. The number of hydrogen-bond acceptors (Lipinski definition) is 3. The monoisotopic (exact) mass is 371 g/mol. The molecule has 0 amide bonds. The Morgan fingerprint density at radius 3 is 2.43 bits per heavy atom. The molecule has 0 aliphatic carbocycles. The molecule has 28 heavy (non-hydrogen) atoms. The van der Waals surface area contributed by atoms with Crippen molar-refractivity contribution in [3.05, 3.63) is 84.1 Å². The molecule has 0 saturated carbocycles. The summed E-state index contributed by atoms with van der Waals surface area (Å²) in [5.74, 6) is -0.974. The molecule has 0 saturated heterocycles. The van der Waals surface area contributed by atoms with Crippen LogP contribution in [0.2, 0.25) is 0 Å². The first kappa shape index (κ1) is 18.0. The lowest BCUT2D eigenvalue weighted by Crippen LogP contribution is -2.14. The van der Waals surface area contributed by atoms with Gasteiger partial charge in [-0.2, -0.15) is 0 Å². The van der Waals surface area contributed by atoms with Crippen LogP contribution in [-0.2, 0) is 27.2 Å². The standard InChI is InChI=1S/C24H21NO3/c26-23(14-6-10-19-16-25-22-13-4-3-12-21(19)22)28-24(27)15-18-9-5-8-17-7-1-2-11-20(17)18/h1-5,7-9,11-13,16,25H,6,10,14-15H2. The Balaban J connectivity index is 1.30. The molecule has 4 rings (SSSR count). The van der Waals surface area contributed by atoms with E-state index >= 15 is 0 Å². The van der Waals surface area contributed by atoms with Gasteiger partial charge in [0.1, 0.15) is 0 Å². The molecule has 1 heterocycles. The number of aryl methyl sites for hydroxylation is 1. The Morgan fingerprint density at radius 2 is 1.54 bits per heavy atom. The van der Waals surface area contributed by atoms with Gasteiger partial charge in [-0.05, 0) is 40.8 Å². The third kappa shape index (κ3) is 3.96. The van der Waals surface area contributed by atoms with Crippen molar-refractivity contribution in [2.75, 3.05) is 0 Å². The summed E-state index contributed by atoms with van der Waals surface area (Å²) in [5, 5.41) is 3.24. The number of carbonyl (C=O) groups excluding carboxylic acids is 2. The van der Waals surface area contributed by atoms with Crippen molar-refractivity contribution in [2.45, 2.75) is 25.7 Å². The fourth-order valence-corrected chi connectivity index (χ4v) is 3.58. The van der Waals surface area contributed by atoms with Crippen LogP contribution in [0, 0.1) is 0 Å². The highest BCUT2D eigenvalue weighted by Crippen LogP contribution is 2.20. The van der Waals surface area contributed by atoms with Gasteiger partial charge in [0.15, 0.2) is 0 Å².